The molecule has 0 radical (unpaired) electrons. The third kappa shape index (κ3) is 6.80. The van der Waals surface area contributed by atoms with E-state index in [0.717, 1.165) is 17.9 Å². The first-order valence-corrected chi connectivity index (χ1v) is 8.86. The Morgan fingerprint density at radius 1 is 0.696 bits per heavy atom. The Labute approximate surface area is 150 Å². The molecule has 2 aromatic carbocycles. The summed E-state index contributed by atoms with van der Waals surface area (Å²) in [6.07, 6.45) is 0.895. The van der Waals surface area contributed by atoms with E-state index in [2.05, 4.69) is 49.5 Å². The zero-order valence-corrected chi connectivity index (χ0v) is 15.4. The van der Waals surface area contributed by atoms with Crippen LogP contribution < -0.4 is 9.47 Å². The van der Waals surface area contributed by atoms with Crippen molar-refractivity contribution in [3.8, 4) is 11.5 Å². The quantitative estimate of drug-likeness (QED) is 0.675. The lowest BCUT2D eigenvalue weighted by atomic mass is 10.0. The fourth-order valence-electron chi connectivity index (χ4n) is 2.08. The Bertz CT molecular complexity index is 524. The molecule has 0 aromatic heterocycles. The minimum absolute atomic E-state index is 0.237. The second-order valence-corrected chi connectivity index (χ2v) is 7.55. The van der Waals surface area contributed by atoms with E-state index in [1.807, 2.05) is 38.1 Å². The van der Waals surface area contributed by atoms with Crippen LogP contribution in [0, 0.1) is 0 Å². The third-order valence-corrected chi connectivity index (χ3v) is 3.54. The Morgan fingerprint density at radius 3 is 1.35 bits per heavy atom. The second-order valence-electron chi connectivity index (χ2n) is 5.78. The Balaban J connectivity index is 1.88. The normalized spacial score (nSPS) is 13.4. The molecule has 0 saturated carbocycles. The van der Waals surface area contributed by atoms with Crippen molar-refractivity contribution < 1.29 is 9.47 Å². The Hall–Kier alpha value is -1.26. The number of rotatable bonds is 8. The van der Waals surface area contributed by atoms with E-state index in [4.69, 9.17) is 9.47 Å². The van der Waals surface area contributed by atoms with E-state index in [9.17, 15) is 0 Å². The van der Waals surface area contributed by atoms with E-state index in [1.54, 1.807) is 0 Å². The van der Waals surface area contributed by atoms with Crippen molar-refractivity contribution in [3.63, 3.8) is 0 Å². The summed E-state index contributed by atoms with van der Waals surface area (Å²) in [4.78, 5) is 0. The van der Waals surface area contributed by atoms with Crippen molar-refractivity contribution >= 4 is 25.3 Å². The average Bonchev–Trinajstić information content (AvgIpc) is 2.53. The summed E-state index contributed by atoms with van der Waals surface area (Å²) < 4.78 is 11.3. The summed E-state index contributed by atoms with van der Waals surface area (Å²) in [7, 11) is 0. The van der Waals surface area contributed by atoms with Crippen molar-refractivity contribution in [2.75, 3.05) is 13.2 Å². The number of ether oxygens (including phenoxy) is 2. The first-order valence-electron chi connectivity index (χ1n) is 7.82. The maximum atomic E-state index is 5.64. The van der Waals surface area contributed by atoms with Gasteiger partial charge in [0, 0.05) is 10.5 Å². The molecule has 4 heteroatoms. The van der Waals surface area contributed by atoms with E-state index in [0.29, 0.717) is 13.2 Å². The highest BCUT2D eigenvalue weighted by Gasteiger charge is 2.01. The minimum Gasteiger partial charge on any atom is -0.492 e. The number of benzene rings is 2. The standard InChI is InChI=1S/C19H24O2S2/c1-14(22)12-20-18-7-3-16(4-8-18)11-17-5-9-19(10-6-17)21-13-15(2)23/h3-10,14-15,22-23H,11-13H2,1-2H3. The molecule has 2 unspecified atom stereocenters. The molecule has 0 spiro atoms. The molecule has 124 valence electrons. The topological polar surface area (TPSA) is 18.5 Å². The lowest BCUT2D eigenvalue weighted by Gasteiger charge is -2.10. The molecule has 0 amide bonds. The van der Waals surface area contributed by atoms with Crippen molar-refractivity contribution in [1.29, 1.82) is 0 Å². The van der Waals surface area contributed by atoms with Gasteiger partial charge in [-0.3, -0.25) is 0 Å². The van der Waals surface area contributed by atoms with Gasteiger partial charge in [-0.15, -0.1) is 0 Å². The number of hydrogen-bond acceptors (Lipinski definition) is 4. The van der Waals surface area contributed by atoms with E-state index < -0.39 is 0 Å². The third-order valence-electron chi connectivity index (χ3n) is 3.24. The molecule has 0 fully saturated rings. The Kier molecular flexibility index (Phi) is 7.18. The van der Waals surface area contributed by atoms with Crippen LogP contribution >= 0.6 is 25.3 Å². The largest absolute Gasteiger partial charge is 0.492 e. The minimum atomic E-state index is 0.237. The highest BCUT2D eigenvalue weighted by atomic mass is 32.1. The van der Waals surface area contributed by atoms with Crippen LogP contribution in [0.15, 0.2) is 48.5 Å². The molecule has 0 bridgehead atoms. The van der Waals surface area contributed by atoms with Crippen molar-refractivity contribution in [2.45, 2.75) is 30.8 Å². The van der Waals surface area contributed by atoms with Crippen LogP contribution in [-0.4, -0.2) is 23.7 Å². The van der Waals surface area contributed by atoms with E-state index in [1.165, 1.54) is 11.1 Å². The number of thiol groups is 2. The molecule has 2 atom stereocenters. The first kappa shape index (κ1) is 18.1. The van der Waals surface area contributed by atoms with Gasteiger partial charge >= 0.3 is 0 Å². The average molecular weight is 349 g/mol. The van der Waals surface area contributed by atoms with E-state index >= 15 is 0 Å². The van der Waals surface area contributed by atoms with Gasteiger partial charge in [0.25, 0.3) is 0 Å². The SMILES string of the molecule is CC(S)COc1ccc(Cc2ccc(OCC(C)S)cc2)cc1. The van der Waals surface area contributed by atoms with Gasteiger partial charge in [-0.05, 0) is 41.8 Å². The van der Waals surface area contributed by atoms with Crippen LogP contribution in [-0.2, 0) is 6.42 Å². The molecule has 2 rings (SSSR count). The molecule has 2 nitrogen and oxygen atoms in total. The van der Waals surface area contributed by atoms with Gasteiger partial charge in [-0.2, -0.15) is 25.3 Å². The molecule has 0 N–H and O–H groups in total. The summed E-state index contributed by atoms with van der Waals surface area (Å²) >= 11 is 8.62. The molecular weight excluding hydrogens is 324 g/mol. The van der Waals surface area contributed by atoms with Crippen LogP contribution in [0.25, 0.3) is 0 Å². The van der Waals surface area contributed by atoms with Crippen molar-refractivity contribution in [3.05, 3.63) is 59.7 Å². The fraction of sp³-hybridized carbons (Fsp3) is 0.368. The zero-order valence-electron chi connectivity index (χ0n) is 13.6. The maximum Gasteiger partial charge on any atom is 0.119 e. The zero-order chi connectivity index (χ0) is 16.7. The van der Waals surface area contributed by atoms with Crippen LogP contribution in [0.5, 0.6) is 11.5 Å². The molecule has 0 aliphatic rings. The van der Waals surface area contributed by atoms with Gasteiger partial charge in [-0.25, -0.2) is 0 Å². The molecule has 0 saturated heterocycles. The molecule has 0 aliphatic carbocycles. The molecule has 23 heavy (non-hydrogen) atoms. The fourth-order valence-corrected chi connectivity index (χ4v) is 2.23. The van der Waals surface area contributed by atoms with Gasteiger partial charge in [0.15, 0.2) is 0 Å². The monoisotopic (exact) mass is 348 g/mol. The molecule has 2 aromatic rings. The Morgan fingerprint density at radius 2 is 1.04 bits per heavy atom. The smallest absolute Gasteiger partial charge is 0.119 e. The highest BCUT2D eigenvalue weighted by Crippen LogP contribution is 2.18. The van der Waals surface area contributed by atoms with Crippen LogP contribution in [0.4, 0.5) is 0 Å². The van der Waals surface area contributed by atoms with Gasteiger partial charge in [-0.1, -0.05) is 38.1 Å². The van der Waals surface area contributed by atoms with Gasteiger partial charge in [0.05, 0.1) is 13.2 Å². The summed E-state index contributed by atoms with van der Waals surface area (Å²) in [6.45, 7) is 5.27. The van der Waals surface area contributed by atoms with E-state index in [-0.39, 0.29) is 10.5 Å². The summed E-state index contributed by atoms with van der Waals surface area (Å²) in [5.74, 6) is 1.78. The van der Waals surface area contributed by atoms with Crippen molar-refractivity contribution in [1.82, 2.24) is 0 Å². The molecular formula is C19H24O2S2. The summed E-state index contributed by atoms with van der Waals surface area (Å²) in [5.41, 5.74) is 2.52. The van der Waals surface area contributed by atoms with Crippen molar-refractivity contribution in [2.24, 2.45) is 0 Å². The highest BCUT2D eigenvalue weighted by molar-refractivity contribution is 7.81. The lowest BCUT2D eigenvalue weighted by molar-refractivity contribution is 0.323. The summed E-state index contributed by atoms with van der Waals surface area (Å²) in [6, 6.07) is 16.5. The summed E-state index contributed by atoms with van der Waals surface area (Å²) in [5, 5.41) is 0.474. The lowest BCUT2D eigenvalue weighted by Crippen LogP contribution is -2.07. The second kappa shape index (κ2) is 9.14. The predicted octanol–water partition coefficient (Wildman–Crippen LogP) is 4.67. The van der Waals surface area contributed by atoms with Gasteiger partial charge < -0.3 is 9.47 Å². The van der Waals surface area contributed by atoms with Gasteiger partial charge in [0.2, 0.25) is 0 Å². The van der Waals surface area contributed by atoms with Crippen LogP contribution in [0.3, 0.4) is 0 Å². The van der Waals surface area contributed by atoms with Gasteiger partial charge in [0.1, 0.15) is 11.5 Å². The van der Waals surface area contributed by atoms with Crippen LogP contribution in [0.1, 0.15) is 25.0 Å². The number of hydrogen-bond donors (Lipinski definition) is 2. The predicted molar refractivity (Wildman–Crippen MR) is 104 cm³/mol. The molecule has 0 heterocycles. The molecule has 0 aliphatic heterocycles. The maximum absolute atomic E-state index is 5.64. The first-order chi connectivity index (χ1) is 11.0. The van der Waals surface area contributed by atoms with Crippen LogP contribution in [0.2, 0.25) is 0 Å².